The fraction of sp³-hybridized carbons (Fsp3) is 0.348. The van der Waals surface area contributed by atoms with Crippen LogP contribution in [0.3, 0.4) is 0 Å². The van der Waals surface area contributed by atoms with Gasteiger partial charge in [0.25, 0.3) is 5.91 Å². The zero-order valence-corrected chi connectivity index (χ0v) is 17.6. The molecule has 0 spiro atoms. The van der Waals surface area contributed by atoms with Gasteiger partial charge in [-0.05, 0) is 50.5 Å². The van der Waals surface area contributed by atoms with Gasteiger partial charge in [-0.25, -0.2) is 9.59 Å². The highest BCUT2D eigenvalue weighted by molar-refractivity contribution is 5.92. The Morgan fingerprint density at radius 3 is 2.17 bits per heavy atom. The topological polar surface area (TPSA) is 96.5 Å². The standard InChI is InChI=1S/C23H29N3O4/c1-16(2)26-23(29)25-15-19-9-11-20(12-10-19)22(28)30-17(3)21(27)24-14-13-18-7-5-4-6-8-18/h4-12,16-17H,13-15H2,1-3H3,(H,24,27)(H2,25,26,29)/t17-/m1/s1. The summed E-state index contributed by atoms with van der Waals surface area (Å²) in [6, 6.07) is 16.3. The lowest BCUT2D eigenvalue weighted by atomic mass is 10.1. The maximum absolute atomic E-state index is 12.3. The van der Waals surface area contributed by atoms with E-state index in [0.29, 0.717) is 25.1 Å². The smallest absolute Gasteiger partial charge is 0.338 e. The van der Waals surface area contributed by atoms with Crippen molar-refractivity contribution >= 4 is 17.9 Å². The van der Waals surface area contributed by atoms with Gasteiger partial charge >= 0.3 is 12.0 Å². The Morgan fingerprint density at radius 2 is 1.53 bits per heavy atom. The van der Waals surface area contributed by atoms with Gasteiger partial charge in [-0.1, -0.05) is 42.5 Å². The summed E-state index contributed by atoms with van der Waals surface area (Å²) >= 11 is 0. The molecule has 7 nitrogen and oxygen atoms in total. The van der Waals surface area contributed by atoms with E-state index in [9.17, 15) is 14.4 Å². The molecule has 2 aromatic rings. The van der Waals surface area contributed by atoms with Crippen molar-refractivity contribution < 1.29 is 19.1 Å². The third-order valence-electron chi connectivity index (χ3n) is 4.27. The highest BCUT2D eigenvalue weighted by Gasteiger charge is 2.18. The number of hydrogen-bond acceptors (Lipinski definition) is 4. The van der Waals surface area contributed by atoms with Gasteiger partial charge in [-0.15, -0.1) is 0 Å². The van der Waals surface area contributed by atoms with Crippen molar-refractivity contribution in [2.75, 3.05) is 6.54 Å². The van der Waals surface area contributed by atoms with Crippen LogP contribution < -0.4 is 16.0 Å². The fourth-order valence-corrected chi connectivity index (χ4v) is 2.65. The minimum Gasteiger partial charge on any atom is -0.449 e. The van der Waals surface area contributed by atoms with Gasteiger partial charge in [0.15, 0.2) is 6.10 Å². The van der Waals surface area contributed by atoms with Crippen LogP contribution in [0.5, 0.6) is 0 Å². The van der Waals surface area contributed by atoms with E-state index >= 15 is 0 Å². The molecule has 0 aliphatic rings. The second-order valence-corrected chi connectivity index (χ2v) is 7.25. The number of rotatable bonds is 9. The number of amides is 3. The normalized spacial score (nSPS) is 11.5. The van der Waals surface area contributed by atoms with Gasteiger partial charge in [0.2, 0.25) is 0 Å². The van der Waals surface area contributed by atoms with E-state index < -0.39 is 12.1 Å². The molecule has 0 saturated heterocycles. The first-order valence-corrected chi connectivity index (χ1v) is 10.0. The largest absolute Gasteiger partial charge is 0.449 e. The van der Waals surface area contributed by atoms with Gasteiger partial charge in [-0.2, -0.15) is 0 Å². The molecular formula is C23H29N3O4. The van der Waals surface area contributed by atoms with Gasteiger partial charge in [0.1, 0.15) is 0 Å². The maximum Gasteiger partial charge on any atom is 0.338 e. The van der Waals surface area contributed by atoms with Crippen molar-refractivity contribution in [2.45, 2.75) is 45.9 Å². The lowest BCUT2D eigenvalue weighted by molar-refractivity contribution is -0.129. The Kier molecular flexibility index (Phi) is 8.87. The van der Waals surface area contributed by atoms with E-state index in [1.165, 1.54) is 0 Å². The Balaban J connectivity index is 1.76. The summed E-state index contributed by atoms with van der Waals surface area (Å²) in [4.78, 5) is 36.0. The molecule has 0 bridgehead atoms. The van der Waals surface area contributed by atoms with Crippen LogP contribution >= 0.6 is 0 Å². The SMILES string of the molecule is CC(C)NC(=O)NCc1ccc(C(=O)O[C@H](C)C(=O)NCCc2ccccc2)cc1. The Morgan fingerprint density at radius 1 is 0.867 bits per heavy atom. The number of ether oxygens (including phenoxy) is 1. The van der Waals surface area contributed by atoms with E-state index in [1.54, 1.807) is 31.2 Å². The average Bonchev–Trinajstić information content (AvgIpc) is 2.72. The van der Waals surface area contributed by atoms with E-state index in [4.69, 9.17) is 4.74 Å². The van der Waals surface area contributed by atoms with Gasteiger partial charge in [0.05, 0.1) is 5.56 Å². The first-order valence-electron chi connectivity index (χ1n) is 10.0. The second kappa shape index (κ2) is 11.6. The summed E-state index contributed by atoms with van der Waals surface area (Å²) in [5.41, 5.74) is 2.31. The summed E-state index contributed by atoms with van der Waals surface area (Å²) in [6.07, 6.45) is -0.188. The van der Waals surface area contributed by atoms with E-state index in [0.717, 1.165) is 11.1 Å². The molecule has 30 heavy (non-hydrogen) atoms. The highest BCUT2D eigenvalue weighted by Crippen LogP contribution is 2.08. The Bertz CT molecular complexity index is 835. The quantitative estimate of drug-likeness (QED) is 0.553. The molecule has 2 aromatic carbocycles. The predicted octanol–water partition coefficient (Wildman–Crippen LogP) is 2.80. The van der Waals surface area contributed by atoms with E-state index in [1.807, 2.05) is 44.2 Å². The van der Waals surface area contributed by atoms with Crippen LogP contribution in [0.4, 0.5) is 4.79 Å². The summed E-state index contributed by atoms with van der Waals surface area (Å²) in [5.74, 6) is -0.908. The zero-order valence-electron chi connectivity index (χ0n) is 17.6. The monoisotopic (exact) mass is 411 g/mol. The predicted molar refractivity (Wildman–Crippen MR) is 115 cm³/mol. The van der Waals surface area contributed by atoms with Crippen molar-refractivity contribution in [2.24, 2.45) is 0 Å². The molecule has 0 fully saturated rings. The molecule has 0 radical (unpaired) electrons. The molecule has 0 saturated carbocycles. The van der Waals surface area contributed by atoms with Crippen LogP contribution in [-0.2, 0) is 22.5 Å². The average molecular weight is 412 g/mol. The number of carbonyl (C=O) groups is 3. The lowest BCUT2D eigenvalue weighted by Crippen LogP contribution is -2.39. The number of urea groups is 1. The molecular weight excluding hydrogens is 382 g/mol. The van der Waals surface area contributed by atoms with Crippen molar-refractivity contribution in [3.05, 3.63) is 71.3 Å². The minimum absolute atomic E-state index is 0.0553. The number of carbonyl (C=O) groups excluding carboxylic acids is 3. The molecule has 0 aliphatic heterocycles. The Hall–Kier alpha value is -3.35. The third kappa shape index (κ3) is 7.95. The molecule has 7 heteroatoms. The van der Waals surface area contributed by atoms with Crippen LogP contribution in [0.15, 0.2) is 54.6 Å². The molecule has 0 aromatic heterocycles. The van der Waals surface area contributed by atoms with Crippen LogP contribution in [0.2, 0.25) is 0 Å². The zero-order chi connectivity index (χ0) is 21.9. The summed E-state index contributed by atoms with van der Waals surface area (Å²) in [6.45, 7) is 6.11. The lowest BCUT2D eigenvalue weighted by Gasteiger charge is -2.14. The first-order chi connectivity index (χ1) is 14.3. The number of hydrogen-bond donors (Lipinski definition) is 3. The fourth-order valence-electron chi connectivity index (χ4n) is 2.65. The Labute approximate surface area is 177 Å². The van der Waals surface area contributed by atoms with Crippen molar-refractivity contribution in [3.63, 3.8) is 0 Å². The second-order valence-electron chi connectivity index (χ2n) is 7.25. The van der Waals surface area contributed by atoms with E-state index in [2.05, 4.69) is 16.0 Å². The molecule has 0 heterocycles. The molecule has 0 aliphatic carbocycles. The van der Waals surface area contributed by atoms with Crippen molar-refractivity contribution in [1.82, 2.24) is 16.0 Å². The minimum atomic E-state index is -0.894. The van der Waals surface area contributed by atoms with Crippen LogP contribution in [0.25, 0.3) is 0 Å². The van der Waals surface area contributed by atoms with Gasteiger partial charge in [0, 0.05) is 19.1 Å². The number of nitrogens with one attached hydrogen (secondary N) is 3. The molecule has 3 N–H and O–H groups in total. The van der Waals surface area contributed by atoms with Crippen molar-refractivity contribution in [3.8, 4) is 0 Å². The molecule has 160 valence electrons. The van der Waals surface area contributed by atoms with Gasteiger partial charge in [-0.3, -0.25) is 4.79 Å². The molecule has 1 atom stereocenters. The highest BCUT2D eigenvalue weighted by atomic mass is 16.5. The van der Waals surface area contributed by atoms with Crippen LogP contribution in [0, 0.1) is 0 Å². The number of benzene rings is 2. The number of esters is 1. The van der Waals surface area contributed by atoms with Crippen molar-refractivity contribution in [1.29, 1.82) is 0 Å². The first kappa shape index (κ1) is 22.9. The van der Waals surface area contributed by atoms with Crippen LogP contribution in [0.1, 0.15) is 42.3 Å². The summed E-state index contributed by atoms with van der Waals surface area (Å²) in [7, 11) is 0. The van der Waals surface area contributed by atoms with E-state index in [-0.39, 0.29) is 18.0 Å². The maximum atomic E-state index is 12.3. The summed E-state index contributed by atoms with van der Waals surface area (Å²) in [5, 5.41) is 8.25. The molecule has 3 amide bonds. The van der Waals surface area contributed by atoms with Gasteiger partial charge < -0.3 is 20.7 Å². The summed E-state index contributed by atoms with van der Waals surface area (Å²) < 4.78 is 5.25. The van der Waals surface area contributed by atoms with Crippen LogP contribution in [-0.4, -0.2) is 36.6 Å². The third-order valence-corrected chi connectivity index (χ3v) is 4.27. The molecule has 0 unspecified atom stereocenters. The molecule has 2 rings (SSSR count).